The molecule has 9 nitrogen and oxygen atoms in total. The number of aromatic nitrogens is 1. The summed E-state index contributed by atoms with van der Waals surface area (Å²) in [6.07, 6.45) is 2.08. The van der Waals surface area contributed by atoms with Crippen LogP contribution < -0.4 is 14.4 Å². The van der Waals surface area contributed by atoms with E-state index in [2.05, 4.69) is 4.98 Å². The van der Waals surface area contributed by atoms with E-state index < -0.39 is 6.04 Å². The van der Waals surface area contributed by atoms with Gasteiger partial charge in [-0.2, -0.15) is 0 Å². The first-order valence-corrected chi connectivity index (χ1v) is 13.3. The molecule has 1 saturated carbocycles. The van der Waals surface area contributed by atoms with Gasteiger partial charge in [0, 0.05) is 18.0 Å². The average molecular weight is 540 g/mol. The van der Waals surface area contributed by atoms with Crippen LogP contribution in [0.5, 0.6) is 11.5 Å². The first kappa shape index (κ1) is 25.6. The van der Waals surface area contributed by atoms with Gasteiger partial charge in [0.25, 0.3) is 5.91 Å². The lowest BCUT2D eigenvalue weighted by atomic mass is 10.1. The molecule has 4 aromatic rings. The Morgan fingerprint density at radius 2 is 1.75 bits per heavy atom. The van der Waals surface area contributed by atoms with Crippen molar-refractivity contribution in [3.63, 3.8) is 0 Å². The van der Waals surface area contributed by atoms with E-state index in [1.165, 1.54) is 4.90 Å². The van der Waals surface area contributed by atoms with E-state index in [0.717, 1.165) is 29.5 Å². The van der Waals surface area contributed by atoms with Crippen LogP contribution in [0.3, 0.4) is 0 Å². The fourth-order valence-electron chi connectivity index (χ4n) is 5.15. The molecule has 1 aliphatic heterocycles. The third kappa shape index (κ3) is 4.79. The monoisotopic (exact) mass is 539 g/mol. The SMILES string of the molecule is COc1ccc(CCN(C(=O)C2CC2)C2CC(=O)N(c3ccc(-c4nc5ccccc5o4)cc3)C2=O)cc1OC. The Balaban J connectivity index is 1.21. The minimum atomic E-state index is -0.836. The van der Waals surface area contributed by atoms with Crippen LogP contribution in [0.25, 0.3) is 22.6 Å². The maximum absolute atomic E-state index is 13.6. The summed E-state index contributed by atoms with van der Waals surface area (Å²) >= 11 is 0. The minimum Gasteiger partial charge on any atom is -0.493 e. The van der Waals surface area contributed by atoms with Crippen molar-refractivity contribution in [2.45, 2.75) is 31.7 Å². The average Bonchev–Trinajstić information content (AvgIpc) is 3.67. The third-order valence-corrected chi connectivity index (χ3v) is 7.46. The van der Waals surface area contributed by atoms with Gasteiger partial charge in [-0.1, -0.05) is 18.2 Å². The van der Waals surface area contributed by atoms with E-state index in [0.29, 0.717) is 41.6 Å². The van der Waals surface area contributed by atoms with E-state index in [-0.39, 0.29) is 30.1 Å². The second-order valence-corrected chi connectivity index (χ2v) is 10.1. The normalized spacial score (nSPS) is 16.9. The molecule has 204 valence electrons. The molecule has 0 N–H and O–H groups in total. The van der Waals surface area contributed by atoms with Crippen LogP contribution in [0.15, 0.2) is 71.1 Å². The van der Waals surface area contributed by atoms with E-state index in [4.69, 9.17) is 13.9 Å². The van der Waals surface area contributed by atoms with E-state index >= 15 is 0 Å². The van der Waals surface area contributed by atoms with Crippen molar-refractivity contribution < 1.29 is 28.3 Å². The van der Waals surface area contributed by atoms with Gasteiger partial charge < -0.3 is 18.8 Å². The van der Waals surface area contributed by atoms with Crippen LogP contribution in [0, 0.1) is 5.92 Å². The summed E-state index contributed by atoms with van der Waals surface area (Å²) in [7, 11) is 3.15. The Morgan fingerprint density at radius 1 is 1.00 bits per heavy atom. The van der Waals surface area contributed by atoms with Crippen molar-refractivity contribution in [3.8, 4) is 23.0 Å². The lowest BCUT2D eigenvalue weighted by Gasteiger charge is -2.28. The first-order valence-electron chi connectivity index (χ1n) is 13.3. The van der Waals surface area contributed by atoms with Gasteiger partial charge in [-0.05, 0) is 73.4 Å². The molecule has 2 aliphatic rings. The molecule has 1 unspecified atom stereocenters. The summed E-state index contributed by atoms with van der Waals surface area (Å²) in [4.78, 5) is 47.3. The number of nitrogens with zero attached hydrogens (tertiary/aromatic N) is 3. The summed E-state index contributed by atoms with van der Waals surface area (Å²) in [6.45, 7) is 0.318. The number of carbonyl (C=O) groups is 3. The number of anilines is 1. The molecule has 2 heterocycles. The number of carbonyl (C=O) groups excluding carboxylic acids is 3. The van der Waals surface area contributed by atoms with Crippen molar-refractivity contribution in [3.05, 3.63) is 72.3 Å². The fraction of sp³-hybridized carbons (Fsp3) is 0.290. The zero-order valence-corrected chi connectivity index (χ0v) is 22.3. The molecule has 40 heavy (non-hydrogen) atoms. The van der Waals surface area contributed by atoms with Gasteiger partial charge in [0.05, 0.1) is 26.3 Å². The van der Waals surface area contributed by atoms with Crippen LogP contribution in [0.4, 0.5) is 5.69 Å². The zero-order valence-electron chi connectivity index (χ0n) is 22.3. The molecule has 2 fully saturated rings. The van der Waals surface area contributed by atoms with Gasteiger partial charge in [0.1, 0.15) is 11.6 Å². The molecule has 0 spiro atoms. The lowest BCUT2D eigenvalue weighted by Crippen LogP contribution is -2.47. The van der Waals surface area contributed by atoms with Crippen LogP contribution in [-0.2, 0) is 20.8 Å². The van der Waals surface area contributed by atoms with Crippen molar-refractivity contribution in [2.24, 2.45) is 5.92 Å². The quantitative estimate of drug-likeness (QED) is 0.286. The highest BCUT2D eigenvalue weighted by molar-refractivity contribution is 6.23. The Labute approximate surface area is 231 Å². The number of imide groups is 1. The Hall–Kier alpha value is -4.66. The highest BCUT2D eigenvalue weighted by Crippen LogP contribution is 2.35. The number of ether oxygens (including phenoxy) is 2. The van der Waals surface area contributed by atoms with Crippen LogP contribution in [0.2, 0.25) is 0 Å². The fourth-order valence-corrected chi connectivity index (χ4v) is 5.15. The van der Waals surface area contributed by atoms with Gasteiger partial charge in [-0.3, -0.25) is 14.4 Å². The molecular weight excluding hydrogens is 510 g/mol. The molecule has 0 radical (unpaired) electrons. The molecule has 3 aromatic carbocycles. The van der Waals surface area contributed by atoms with Gasteiger partial charge in [-0.25, -0.2) is 9.88 Å². The predicted molar refractivity (Wildman–Crippen MR) is 148 cm³/mol. The first-order chi connectivity index (χ1) is 19.5. The van der Waals surface area contributed by atoms with Crippen molar-refractivity contribution in [2.75, 3.05) is 25.7 Å². The summed E-state index contributed by atoms with van der Waals surface area (Å²) in [5.41, 5.74) is 3.56. The number of amides is 3. The number of methoxy groups -OCH3 is 2. The van der Waals surface area contributed by atoms with E-state index in [9.17, 15) is 14.4 Å². The second-order valence-electron chi connectivity index (χ2n) is 10.1. The van der Waals surface area contributed by atoms with Crippen molar-refractivity contribution >= 4 is 34.5 Å². The smallest absolute Gasteiger partial charge is 0.257 e. The highest BCUT2D eigenvalue weighted by Gasteiger charge is 2.46. The van der Waals surface area contributed by atoms with Crippen LogP contribution >= 0.6 is 0 Å². The number of benzene rings is 3. The van der Waals surface area contributed by atoms with E-state index in [1.54, 1.807) is 43.4 Å². The van der Waals surface area contributed by atoms with Crippen molar-refractivity contribution in [1.29, 1.82) is 0 Å². The topological polar surface area (TPSA) is 102 Å². The Morgan fingerprint density at radius 3 is 2.45 bits per heavy atom. The molecule has 9 heteroatoms. The van der Waals surface area contributed by atoms with Crippen molar-refractivity contribution in [1.82, 2.24) is 9.88 Å². The Kier molecular flexibility index (Phi) is 6.71. The lowest BCUT2D eigenvalue weighted by molar-refractivity contribution is -0.139. The zero-order chi connectivity index (χ0) is 27.8. The minimum absolute atomic E-state index is 0.0455. The summed E-state index contributed by atoms with van der Waals surface area (Å²) in [5.74, 6) is 0.801. The summed E-state index contributed by atoms with van der Waals surface area (Å²) < 4.78 is 16.6. The predicted octanol–water partition coefficient (Wildman–Crippen LogP) is 4.63. The Bertz CT molecular complexity index is 1560. The number of para-hydroxylation sites is 2. The standard InChI is InChI=1S/C31H29N3O6/c1-38-26-14-7-19(17-27(26)39-2)15-16-33(30(36)21-8-9-21)24-18-28(35)34(31(24)37)22-12-10-20(11-13-22)29-32-23-5-3-4-6-25(23)40-29/h3-7,10-14,17,21,24H,8-9,15-16,18H2,1-2H3. The number of fused-ring (bicyclic) bond motifs is 1. The number of oxazole rings is 1. The molecule has 1 atom stereocenters. The maximum atomic E-state index is 13.6. The molecular formula is C31H29N3O6. The third-order valence-electron chi connectivity index (χ3n) is 7.46. The number of hydrogen-bond donors (Lipinski definition) is 0. The van der Waals surface area contributed by atoms with Gasteiger partial charge in [-0.15, -0.1) is 0 Å². The molecule has 6 rings (SSSR count). The molecule has 0 bridgehead atoms. The second kappa shape index (κ2) is 10.5. The van der Waals surface area contributed by atoms with Crippen LogP contribution in [0.1, 0.15) is 24.8 Å². The summed E-state index contributed by atoms with van der Waals surface area (Å²) in [5, 5.41) is 0. The van der Waals surface area contributed by atoms with Crippen LogP contribution in [-0.4, -0.2) is 54.4 Å². The van der Waals surface area contributed by atoms with Gasteiger partial charge in [0.2, 0.25) is 17.7 Å². The number of rotatable bonds is 9. The number of hydrogen-bond acceptors (Lipinski definition) is 7. The maximum Gasteiger partial charge on any atom is 0.257 e. The molecule has 1 aliphatic carbocycles. The molecule has 3 amide bonds. The van der Waals surface area contributed by atoms with Gasteiger partial charge >= 0.3 is 0 Å². The highest BCUT2D eigenvalue weighted by atomic mass is 16.5. The molecule has 1 aromatic heterocycles. The van der Waals surface area contributed by atoms with E-state index in [1.807, 2.05) is 42.5 Å². The summed E-state index contributed by atoms with van der Waals surface area (Å²) in [6, 6.07) is 19.2. The van der Waals surface area contributed by atoms with Gasteiger partial charge in [0.15, 0.2) is 17.1 Å². The largest absolute Gasteiger partial charge is 0.493 e. The molecule has 1 saturated heterocycles.